The van der Waals surface area contributed by atoms with Gasteiger partial charge < -0.3 is 10.6 Å². The highest BCUT2D eigenvalue weighted by atomic mass is 14.9. The molecule has 1 aliphatic heterocycles. The van der Waals surface area contributed by atoms with E-state index in [1.807, 2.05) is 7.05 Å². The summed E-state index contributed by atoms with van der Waals surface area (Å²) in [4.78, 5) is 0. The van der Waals surface area contributed by atoms with E-state index in [1.54, 1.807) is 0 Å². The van der Waals surface area contributed by atoms with Gasteiger partial charge in [0.05, 0.1) is 0 Å². The zero-order chi connectivity index (χ0) is 13.0. The van der Waals surface area contributed by atoms with E-state index in [1.165, 1.54) is 36.1 Å². The second-order valence-electron chi connectivity index (χ2n) is 5.79. The highest BCUT2D eigenvalue weighted by molar-refractivity contribution is 5.54. The first-order valence-corrected chi connectivity index (χ1v) is 7.21. The molecule has 1 aromatic rings. The molecular weight excluding hydrogens is 220 g/mol. The van der Waals surface area contributed by atoms with Crippen LogP contribution in [0.1, 0.15) is 31.4 Å². The van der Waals surface area contributed by atoms with Crippen LogP contribution in [0.15, 0.2) is 18.2 Å². The first-order valence-electron chi connectivity index (χ1n) is 7.21. The van der Waals surface area contributed by atoms with Gasteiger partial charge in [0.15, 0.2) is 0 Å². The lowest BCUT2D eigenvalue weighted by atomic mass is 9.88. The molecule has 0 amide bonds. The molecule has 0 bridgehead atoms. The van der Waals surface area contributed by atoms with Crippen LogP contribution in [0.2, 0.25) is 0 Å². The van der Waals surface area contributed by atoms with Crippen molar-refractivity contribution in [3.63, 3.8) is 0 Å². The van der Waals surface area contributed by atoms with Gasteiger partial charge in [-0.2, -0.15) is 0 Å². The summed E-state index contributed by atoms with van der Waals surface area (Å²) in [5.74, 6) is 1.45. The van der Waals surface area contributed by atoms with E-state index in [0.717, 1.165) is 24.9 Å². The van der Waals surface area contributed by atoms with Gasteiger partial charge in [0, 0.05) is 12.2 Å². The topological polar surface area (TPSA) is 24.1 Å². The molecule has 0 fully saturated rings. The van der Waals surface area contributed by atoms with E-state index in [9.17, 15) is 0 Å². The van der Waals surface area contributed by atoms with E-state index in [4.69, 9.17) is 0 Å². The SMILES string of the molecule is CNCC(Cc1ccc2c(c1)CCCN2)C(C)C. The molecule has 1 aromatic carbocycles. The summed E-state index contributed by atoms with van der Waals surface area (Å²) in [7, 11) is 2.05. The third-order valence-electron chi connectivity index (χ3n) is 4.02. The summed E-state index contributed by atoms with van der Waals surface area (Å²) in [5, 5.41) is 6.80. The molecule has 0 radical (unpaired) electrons. The van der Waals surface area contributed by atoms with Crippen LogP contribution in [0, 0.1) is 11.8 Å². The highest BCUT2D eigenvalue weighted by Crippen LogP contribution is 2.25. The Morgan fingerprint density at radius 1 is 1.33 bits per heavy atom. The third kappa shape index (κ3) is 3.26. The van der Waals surface area contributed by atoms with E-state index in [0.29, 0.717) is 0 Å². The Morgan fingerprint density at radius 2 is 2.17 bits per heavy atom. The molecule has 1 heterocycles. The number of benzene rings is 1. The molecule has 0 saturated heterocycles. The molecule has 0 spiro atoms. The molecule has 2 rings (SSSR count). The fourth-order valence-corrected chi connectivity index (χ4v) is 2.76. The number of hydrogen-bond acceptors (Lipinski definition) is 2. The average molecular weight is 246 g/mol. The predicted octanol–water partition coefficient (Wildman–Crippen LogP) is 3.08. The average Bonchev–Trinajstić information content (AvgIpc) is 2.38. The van der Waals surface area contributed by atoms with Crippen LogP contribution >= 0.6 is 0 Å². The second kappa shape index (κ2) is 6.24. The van der Waals surface area contributed by atoms with Crippen molar-refractivity contribution in [2.24, 2.45) is 11.8 Å². The summed E-state index contributed by atoms with van der Waals surface area (Å²) in [5.41, 5.74) is 4.34. The number of fused-ring (bicyclic) bond motifs is 1. The summed E-state index contributed by atoms with van der Waals surface area (Å²) < 4.78 is 0. The van der Waals surface area contributed by atoms with Crippen molar-refractivity contribution >= 4 is 5.69 Å². The lowest BCUT2D eigenvalue weighted by Crippen LogP contribution is -2.25. The van der Waals surface area contributed by atoms with Crippen LogP contribution in [-0.2, 0) is 12.8 Å². The molecule has 1 atom stereocenters. The minimum Gasteiger partial charge on any atom is -0.385 e. The molecule has 1 aliphatic rings. The largest absolute Gasteiger partial charge is 0.385 e. The Balaban J connectivity index is 2.08. The van der Waals surface area contributed by atoms with E-state index in [-0.39, 0.29) is 0 Å². The molecular formula is C16H26N2. The molecule has 1 unspecified atom stereocenters. The summed E-state index contributed by atoms with van der Waals surface area (Å²) in [6, 6.07) is 6.97. The normalized spacial score (nSPS) is 16.2. The summed E-state index contributed by atoms with van der Waals surface area (Å²) in [6.07, 6.45) is 3.68. The number of aryl methyl sites for hydroxylation is 1. The monoisotopic (exact) mass is 246 g/mol. The van der Waals surface area contributed by atoms with Crippen molar-refractivity contribution in [2.75, 3.05) is 25.5 Å². The van der Waals surface area contributed by atoms with Gasteiger partial charge in [-0.1, -0.05) is 26.0 Å². The Hall–Kier alpha value is -1.02. The lowest BCUT2D eigenvalue weighted by molar-refractivity contribution is 0.370. The lowest BCUT2D eigenvalue weighted by Gasteiger charge is -2.23. The van der Waals surface area contributed by atoms with Crippen molar-refractivity contribution in [1.29, 1.82) is 0 Å². The minimum atomic E-state index is 0.726. The molecule has 2 N–H and O–H groups in total. The number of rotatable bonds is 5. The number of anilines is 1. The Labute approximate surface area is 111 Å². The smallest absolute Gasteiger partial charge is 0.0372 e. The van der Waals surface area contributed by atoms with Crippen molar-refractivity contribution in [2.45, 2.75) is 33.1 Å². The first kappa shape index (κ1) is 13.4. The van der Waals surface area contributed by atoms with E-state index >= 15 is 0 Å². The summed E-state index contributed by atoms with van der Waals surface area (Å²) >= 11 is 0. The molecule has 0 aromatic heterocycles. The fourth-order valence-electron chi connectivity index (χ4n) is 2.76. The fraction of sp³-hybridized carbons (Fsp3) is 0.625. The summed E-state index contributed by atoms with van der Waals surface area (Å²) in [6.45, 7) is 6.87. The minimum absolute atomic E-state index is 0.726. The van der Waals surface area contributed by atoms with Gasteiger partial charge in [-0.15, -0.1) is 0 Å². The number of nitrogens with one attached hydrogen (secondary N) is 2. The van der Waals surface area contributed by atoms with E-state index in [2.05, 4.69) is 42.7 Å². The zero-order valence-electron chi connectivity index (χ0n) is 11.9. The Kier molecular flexibility index (Phi) is 4.65. The maximum absolute atomic E-state index is 3.48. The van der Waals surface area contributed by atoms with Gasteiger partial charge in [-0.25, -0.2) is 0 Å². The van der Waals surface area contributed by atoms with Crippen LogP contribution in [0.5, 0.6) is 0 Å². The van der Waals surface area contributed by atoms with Gasteiger partial charge in [0.2, 0.25) is 0 Å². The van der Waals surface area contributed by atoms with Crippen LogP contribution in [0.4, 0.5) is 5.69 Å². The Bertz CT molecular complexity index is 385. The zero-order valence-corrected chi connectivity index (χ0v) is 11.9. The van der Waals surface area contributed by atoms with Crippen LogP contribution in [0.25, 0.3) is 0 Å². The third-order valence-corrected chi connectivity index (χ3v) is 4.02. The molecule has 100 valence electrons. The quantitative estimate of drug-likeness (QED) is 0.834. The first-order chi connectivity index (χ1) is 8.70. The molecule has 2 heteroatoms. The maximum atomic E-state index is 3.48. The van der Waals surface area contributed by atoms with Crippen molar-refractivity contribution in [1.82, 2.24) is 5.32 Å². The van der Waals surface area contributed by atoms with Crippen molar-refractivity contribution in [3.05, 3.63) is 29.3 Å². The highest BCUT2D eigenvalue weighted by Gasteiger charge is 2.15. The molecule has 0 saturated carbocycles. The van der Waals surface area contributed by atoms with Crippen molar-refractivity contribution < 1.29 is 0 Å². The maximum Gasteiger partial charge on any atom is 0.0372 e. The van der Waals surface area contributed by atoms with Gasteiger partial charge >= 0.3 is 0 Å². The van der Waals surface area contributed by atoms with Gasteiger partial charge in [-0.05, 0) is 61.9 Å². The van der Waals surface area contributed by atoms with Gasteiger partial charge in [-0.3, -0.25) is 0 Å². The molecule has 2 nitrogen and oxygen atoms in total. The van der Waals surface area contributed by atoms with Crippen molar-refractivity contribution in [3.8, 4) is 0 Å². The predicted molar refractivity (Wildman–Crippen MR) is 79.2 cm³/mol. The van der Waals surface area contributed by atoms with Crippen LogP contribution < -0.4 is 10.6 Å². The standard InChI is InChI=1S/C16H26N2/c1-12(2)15(11-17-3)10-13-6-7-16-14(9-13)5-4-8-18-16/h6-7,9,12,15,17-18H,4-5,8,10-11H2,1-3H3. The van der Waals surface area contributed by atoms with Crippen LogP contribution in [-0.4, -0.2) is 20.1 Å². The van der Waals surface area contributed by atoms with E-state index < -0.39 is 0 Å². The van der Waals surface area contributed by atoms with Gasteiger partial charge in [0.1, 0.15) is 0 Å². The molecule has 18 heavy (non-hydrogen) atoms. The molecule has 0 aliphatic carbocycles. The Morgan fingerprint density at radius 3 is 2.89 bits per heavy atom. The number of hydrogen-bond donors (Lipinski definition) is 2. The van der Waals surface area contributed by atoms with Gasteiger partial charge in [0.25, 0.3) is 0 Å². The van der Waals surface area contributed by atoms with Crippen LogP contribution in [0.3, 0.4) is 0 Å². The second-order valence-corrected chi connectivity index (χ2v) is 5.79.